The third kappa shape index (κ3) is 3.30. The number of piperidine rings is 1. The van der Waals surface area contributed by atoms with Gasteiger partial charge < -0.3 is 28.4 Å². The first-order chi connectivity index (χ1) is 22.0. The summed E-state index contributed by atoms with van der Waals surface area (Å²) in [6.45, 7) is 5.94. The third-order valence-electron chi connectivity index (χ3n) is 13.6. The van der Waals surface area contributed by atoms with E-state index < -0.39 is 49.9 Å². The van der Waals surface area contributed by atoms with E-state index >= 15 is 0 Å². The number of nitro groups is 2. The fraction of sp³-hybridized carbons (Fsp3) is 0.781. The highest BCUT2D eigenvalue weighted by molar-refractivity contribution is 5.91. The second kappa shape index (κ2) is 9.89. The van der Waals surface area contributed by atoms with Gasteiger partial charge in [0.05, 0.1) is 45.8 Å². The minimum Gasteiger partial charge on any atom is -0.455 e. The smallest absolute Gasteiger partial charge is 0.339 e. The van der Waals surface area contributed by atoms with Gasteiger partial charge in [-0.1, -0.05) is 13.8 Å². The second-order valence-corrected chi connectivity index (χ2v) is 14.7. The number of nitrogens with zero attached hydrogens (tertiary/aromatic N) is 3. The van der Waals surface area contributed by atoms with Crippen molar-refractivity contribution in [2.45, 2.75) is 81.2 Å². The Morgan fingerprint density at radius 3 is 2.39 bits per heavy atom. The SMILES string of the molecule is CCN1C[C@]2(C)CC[C@H](OC)[C@@]34[C@@H]5C[C@H]6[C@H](OC)[C@@H]5[C@@]5(C[C@@H]6OC)OCO[C@@]5([C@@H](OC(=O)c5cc([N+](=O)[O-])cc([N+](=O)[O-])c5)[C@H]23)[C@@H]14. The molecular formula is C32H41N3O11. The summed E-state index contributed by atoms with van der Waals surface area (Å²) in [5, 5.41) is 23.4. The number of carbonyl (C=O) groups excluding carboxylic acids is 1. The number of fused-ring (bicyclic) bond motifs is 1. The Hall–Kier alpha value is -2.75. The van der Waals surface area contributed by atoms with Crippen molar-refractivity contribution in [3.05, 3.63) is 44.0 Å². The van der Waals surface area contributed by atoms with E-state index in [0.29, 0.717) is 6.42 Å². The maximum atomic E-state index is 14.3. The van der Waals surface area contributed by atoms with Crippen molar-refractivity contribution in [3.63, 3.8) is 0 Å². The number of nitro benzene ring substituents is 2. The molecule has 14 nitrogen and oxygen atoms in total. The quantitative estimate of drug-likeness (QED) is 0.231. The number of methoxy groups -OCH3 is 3. The van der Waals surface area contributed by atoms with Crippen LogP contribution in [0.2, 0.25) is 0 Å². The van der Waals surface area contributed by atoms with Gasteiger partial charge in [0.1, 0.15) is 18.5 Å². The van der Waals surface area contributed by atoms with Crippen LogP contribution < -0.4 is 0 Å². The maximum absolute atomic E-state index is 14.3. The van der Waals surface area contributed by atoms with Crippen LogP contribution in [0.5, 0.6) is 0 Å². The normalized spacial score (nSPS) is 47.8. The fourth-order valence-electron chi connectivity index (χ4n) is 12.7. The molecule has 0 N–H and O–H groups in total. The van der Waals surface area contributed by atoms with Gasteiger partial charge in [-0.15, -0.1) is 0 Å². The Balaban J connectivity index is 1.37. The summed E-state index contributed by atoms with van der Waals surface area (Å²) >= 11 is 0. The Kier molecular flexibility index (Phi) is 6.57. The van der Waals surface area contributed by atoms with Gasteiger partial charge >= 0.3 is 5.97 Å². The number of hydrogen-bond donors (Lipinski definition) is 0. The number of esters is 1. The largest absolute Gasteiger partial charge is 0.455 e. The minimum atomic E-state index is -1.14. The van der Waals surface area contributed by atoms with Crippen LogP contribution in [-0.4, -0.2) is 104 Å². The number of benzene rings is 1. The Morgan fingerprint density at radius 2 is 1.78 bits per heavy atom. The molecule has 7 fully saturated rings. The number of hydrogen-bond acceptors (Lipinski definition) is 12. The van der Waals surface area contributed by atoms with Gasteiger partial charge in [-0.25, -0.2) is 4.79 Å². The summed E-state index contributed by atoms with van der Waals surface area (Å²) in [6.07, 6.45) is 1.74. The summed E-state index contributed by atoms with van der Waals surface area (Å²) < 4.78 is 39.5. The Labute approximate surface area is 266 Å². The van der Waals surface area contributed by atoms with Gasteiger partial charge in [-0.2, -0.15) is 0 Å². The van der Waals surface area contributed by atoms with Crippen molar-refractivity contribution >= 4 is 17.3 Å². The molecule has 2 heterocycles. The monoisotopic (exact) mass is 643 g/mol. The van der Waals surface area contributed by atoms with Gasteiger partial charge in [-0.3, -0.25) is 25.1 Å². The van der Waals surface area contributed by atoms with Gasteiger partial charge in [-0.05, 0) is 37.1 Å². The van der Waals surface area contributed by atoms with Gasteiger partial charge in [0, 0.05) is 69.6 Å². The van der Waals surface area contributed by atoms with Crippen LogP contribution in [0.15, 0.2) is 18.2 Å². The molecule has 0 unspecified atom stereocenters. The average Bonchev–Trinajstić information content (AvgIpc) is 3.63. The van der Waals surface area contributed by atoms with Crippen molar-refractivity contribution in [2.75, 3.05) is 41.2 Å². The average molecular weight is 644 g/mol. The molecule has 1 aromatic rings. The molecule has 1 aromatic carbocycles. The van der Waals surface area contributed by atoms with E-state index in [9.17, 15) is 25.0 Å². The number of carbonyl (C=O) groups is 1. The molecule has 14 heteroatoms. The second-order valence-electron chi connectivity index (χ2n) is 14.7. The topological polar surface area (TPSA) is 162 Å². The van der Waals surface area contributed by atoms with Crippen molar-refractivity contribution in [1.29, 1.82) is 0 Å². The van der Waals surface area contributed by atoms with Crippen LogP contribution in [0.25, 0.3) is 0 Å². The van der Waals surface area contributed by atoms with Crippen LogP contribution in [0.1, 0.15) is 49.9 Å². The lowest BCUT2D eigenvalue weighted by atomic mass is 9.43. The van der Waals surface area contributed by atoms with E-state index in [1.807, 2.05) is 0 Å². The zero-order valence-electron chi connectivity index (χ0n) is 26.7. The lowest BCUT2D eigenvalue weighted by Crippen LogP contribution is -2.81. The molecule has 46 heavy (non-hydrogen) atoms. The predicted molar refractivity (Wildman–Crippen MR) is 158 cm³/mol. The lowest BCUT2D eigenvalue weighted by molar-refractivity contribution is -0.394. The van der Waals surface area contributed by atoms with Crippen LogP contribution in [0.3, 0.4) is 0 Å². The molecule has 7 bridgehead atoms. The molecule has 2 saturated heterocycles. The summed E-state index contributed by atoms with van der Waals surface area (Å²) in [4.78, 5) is 38.7. The van der Waals surface area contributed by atoms with Crippen molar-refractivity contribution in [3.8, 4) is 0 Å². The zero-order valence-corrected chi connectivity index (χ0v) is 26.7. The first kappa shape index (κ1) is 30.6. The van der Waals surface area contributed by atoms with Crippen LogP contribution in [0.4, 0.5) is 11.4 Å². The first-order valence-corrected chi connectivity index (χ1v) is 16.2. The molecule has 8 rings (SSSR count). The molecule has 250 valence electrons. The van der Waals surface area contributed by atoms with Gasteiger partial charge in [0.2, 0.25) is 0 Å². The summed E-state index contributed by atoms with van der Waals surface area (Å²) in [7, 11) is 5.23. The zero-order chi connectivity index (χ0) is 32.6. The first-order valence-electron chi connectivity index (χ1n) is 16.2. The molecule has 0 aromatic heterocycles. The number of likely N-dealkylation sites (N-methyl/N-ethyl adjacent to an activating group) is 1. The minimum absolute atomic E-state index is 0.00229. The van der Waals surface area contributed by atoms with E-state index in [4.69, 9.17) is 28.4 Å². The summed E-state index contributed by atoms with van der Waals surface area (Å²) in [5.74, 6) is -0.895. The highest BCUT2D eigenvalue weighted by Crippen LogP contribution is 2.82. The molecular weight excluding hydrogens is 602 g/mol. The van der Waals surface area contributed by atoms with E-state index in [0.717, 1.165) is 50.6 Å². The van der Waals surface area contributed by atoms with Crippen molar-refractivity contribution in [2.24, 2.45) is 34.5 Å². The van der Waals surface area contributed by atoms with E-state index in [-0.39, 0.29) is 65.8 Å². The molecule has 0 radical (unpaired) electrons. The Morgan fingerprint density at radius 1 is 1.07 bits per heavy atom. The number of ether oxygens (including phenoxy) is 6. The molecule has 7 aliphatic rings. The number of non-ortho nitro benzene ring substituents is 2. The molecule has 13 atom stereocenters. The standard InChI is InChI=1S/C32H41N3O11/c1-6-33-14-29(2)8-7-22(42-4)31-20-12-19-21(41-3)13-30(23(20)24(19)43-5)32(28(31)33,45-15-44-30)26(25(29)31)46-27(36)16-9-17(34(37)38)11-18(10-16)35(39)40/h9-11,19-26,28H,6-8,12-15H2,1-5H3/t19-,20-,21+,22+,23-,24+,25-,26+,28+,29+,30-,31+,32+/m1/s1. The number of rotatable bonds is 8. The number of likely N-dealkylation sites (tertiary alicyclic amines) is 1. The molecule has 5 saturated carbocycles. The fourth-order valence-corrected chi connectivity index (χ4v) is 12.7. The third-order valence-corrected chi connectivity index (χ3v) is 13.6. The molecule has 5 aliphatic carbocycles. The lowest BCUT2D eigenvalue weighted by Gasteiger charge is -2.69. The van der Waals surface area contributed by atoms with Gasteiger partial charge in [0.15, 0.2) is 5.60 Å². The van der Waals surface area contributed by atoms with Gasteiger partial charge in [0.25, 0.3) is 11.4 Å². The Bertz CT molecular complexity index is 1480. The molecule has 0 amide bonds. The summed E-state index contributed by atoms with van der Waals surface area (Å²) in [5.41, 5.74) is -4.22. The van der Waals surface area contributed by atoms with Crippen LogP contribution >= 0.6 is 0 Å². The van der Waals surface area contributed by atoms with Crippen molar-refractivity contribution < 1.29 is 43.1 Å². The van der Waals surface area contributed by atoms with E-state index in [1.54, 1.807) is 21.3 Å². The maximum Gasteiger partial charge on any atom is 0.339 e. The predicted octanol–water partition coefficient (Wildman–Crippen LogP) is 3.35. The van der Waals surface area contributed by atoms with Crippen LogP contribution in [0, 0.1) is 54.7 Å². The van der Waals surface area contributed by atoms with Crippen LogP contribution in [-0.2, 0) is 28.4 Å². The molecule has 3 spiro atoms. The molecule has 2 aliphatic heterocycles. The highest BCUT2D eigenvalue weighted by atomic mass is 16.7. The van der Waals surface area contributed by atoms with Crippen molar-refractivity contribution in [1.82, 2.24) is 4.90 Å². The summed E-state index contributed by atoms with van der Waals surface area (Å²) in [6, 6.07) is 2.71. The van der Waals surface area contributed by atoms with E-state index in [1.165, 1.54) is 0 Å². The van der Waals surface area contributed by atoms with E-state index in [2.05, 4.69) is 18.7 Å². The highest BCUT2D eigenvalue weighted by Gasteiger charge is 2.94.